The van der Waals surface area contributed by atoms with Crippen LogP contribution >= 0.6 is 0 Å². The highest BCUT2D eigenvalue weighted by Crippen LogP contribution is 2.24. The molecule has 0 saturated carbocycles. The Kier molecular flexibility index (Phi) is 23.7. The fraction of sp³-hybridized carbons (Fsp3) is 0.806. The minimum Gasteiger partial charge on any atom is -0.427 e. The van der Waals surface area contributed by atoms with Crippen molar-refractivity contribution in [2.75, 3.05) is 0 Å². The van der Waals surface area contributed by atoms with Crippen LogP contribution in [0.15, 0.2) is 24.3 Å². The molecule has 0 aromatic heterocycles. The normalized spacial score (nSPS) is 12.1. The summed E-state index contributed by atoms with van der Waals surface area (Å²) in [5.74, 6) is 1.12. The minimum absolute atomic E-state index is 0.0494. The van der Waals surface area contributed by atoms with Crippen LogP contribution in [0.3, 0.4) is 0 Å². The van der Waals surface area contributed by atoms with Gasteiger partial charge in [0.2, 0.25) is 0 Å². The van der Waals surface area contributed by atoms with Gasteiger partial charge >= 0.3 is 5.97 Å². The van der Waals surface area contributed by atoms with Gasteiger partial charge in [0, 0.05) is 6.42 Å². The monoisotopic (exact) mass is 528 g/mol. The van der Waals surface area contributed by atoms with E-state index < -0.39 is 0 Å². The Labute approximate surface area is 238 Å². The van der Waals surface area contributed by atoms with Gasteiger partial charge in [-0.25, -0.2) is 0 Å². The number of benzene rings is 1. The second-order valence-corrected chi connectivity index (χ2v) is 12.0. The van der Waals surface area contributed by atoms with Crippen LogP contribution in [-0.4, -0.2) is 5.97 Å². The Bertz CT molecular complexity index is 652. The molecular weight excluding hydrogens is 464 g/mol. The van der Waals surface area contributed by atoms with E-state index in [0.29, 0.717) is 18.1 Å². The second-order valence-electron chi connectivity index (χ2n) is 12.0. The van der Waals surface area contributed by atoms with Crippen LogP contribution in [0.1, 0.15) is 180 Å². The van der Waals surface area contributed by atoms with Gasteiger partial charge in [0.15, 0.2) is 0 Å². The smallest absolute Gasteiger partial charge is 0.311 e. The van der Waals surface area contributed by atoms with E-state index in [1.54, 1.807) is 0 Å². The largest absolute Gasteiger partial charge is 0.427 e. The molecule has 220 valence electrons. The molecule has 1 aromatic rings. The first-order valence-corrected chi connectivity index (χ1v) is 16.9. The van der Waals surface area contributed by atoms with Crippen LogP contribution in [0.5, 0.6) is 5.75 Å². The number of carbonyl (C=O) groups excluding carboxylic acids is 1. The molecule has 1 unspecified atom stereocenters. The van der Waals surface area contributed by atoms with E-state index >= 15 is 0 Å². The standard InChI is InChI=1S/C36H64O2/c1-4-6-8-10-12-14-16-17-19-21-23-25-29-34(28-24-22-20-18-15-13-11-9-7-5-2)32-36(37)38-35-30-26-27-33(3)31-35/h26-27,30-31,34H,4-25,28-29,32H2,1-3H3. The molecule has 2 nitrogen and oxygen atoms in total. The molecule has 1 aromatic carbocycles. The average Bonchev–Trinajstić information content (AvgIpc) is 2.90. The molecule has 0 bridgehead atoms. The molecule has 0 radical (unpaired) electrons. The van der Waals surface area contributed by atoms with Gasteiger partial charge in [-0.05, 0) is 43.4 Å². The summed E-state index contributed by atoms with van der Waals surface area (Å²) in [6.45, 7) is 6.62. The van der Waals surface area contributed by atoms with E-state index in [1.807, 2.05) is 31.2 Å². The summed E-state index contributed by atoms with van der Waals surface area (Å²) in [6.07, 6.45) is 33.2. The van der Waals surface area contributed by atoms with Crippen LogP contribution in [-0.2, 0) is 4.79 Å². The molecule has 1 rings (SSSR count). The Morgan fingerprint density at radius 2 is 1.00 bits per heavy atom. The highest BCUT2D eigenvalue weighted by atomic mass is 16.5. The van der Waals surface area contributed by atoms with Gasteiger partial charge in [-0.15, -0.1) is 0 Å². The molecule has 0 saturated heterocycles. The summed E-state index contributed by atoms with van der Waals surface area (Å²) >= 11 is 0. The Morgan fingerprint density at radius 3 is 1.39 bits per heavy atom. The van der Waals surface area contributed by atoms with E-state index in [9.17, 15) is 4.79 Å². The first-order valence-electron chi connectivity index (χ1n) is 16.9. The van der Waals surface area contributed by atoms with E-state index in [4.69, 9.17) is 4.74 Å². The van der Waals surface area contributed by atoms with Crippen molar-refractivity contribution in [2.24, 2.45) is 5.92 Å². The van der Waals surface area contributed by atoms with E-state index in [0.717, 1.165) is 5.56 Å². The maximum Gasteiger partial charge on any atom is 0.311 e. The predicted molar refractivity (Wildman–Crippen MR) is 167 cm³/mol. The fourth-order valence-electron chi connectivity index (χ4n) is 5.63. The maximum absolute atomic E-state index is 12.7. The SMILES string of the molecule is CCCCCCCCCCCCCCC(CCCCCCCCCCCC)CC(=O)Oc1cccc(C)c1. The van der Waals surface area contributed by atoms with Gasteiger partial charge in [0.05, 0.1) is 0 Å². The molecule has 0 spiro atoms. The molecule has 0 amide bonds. The molecule has 2 heteroatoms. The van der Waals surface area contributed by atoms with Crippen LogP contribution in [0.25, 0.3) is 0 Å². The average molecular weight is 529 g/mol. The second kappa shape index (κ2) is 25.9. The molecule has 0 aliphatic carbocycles. The molecule has 1 atom stereocenters. The highest BCUT2D eigenvalue weighted by Gasteiger charge is 2.15. The summed E-state index contributed by atoms with van der Waals surface area (Å²) in [7, 11) is 0. The molecule has 0 fully saturated rings. The summed E-state index contributed by atoms with van der Waals surface area (Å²) in [4.78, 5) is 12.7. The number of ether oxygens (including phenoxy) is 1. The third-order valence-electron chi connectivity index (χ3n) is 8.11. The molecular formula is C36H64O2. The zero-order valence-corrected chi connectivity index (χ0v) is 25.9. The maximum atomic E-state index is 12.7. The van der Waals surface area contributed by atoms with Crippen LogP contribution in [0.4, 0.5) is 0 Å². The summed E-state index contributed by atoms with van der Waals surface area (Å²) in [6, 6.07) is 7.86. The lowest BCUT2D eigenvalue weighted by Crippen LogP contribution is -2.14. The van der Waals surface area contributed by atoms with Gasteiger partial charge in [0.25, 0.3) is 0 Å². The van der Waals surface area contributed by atoms with Crippen molar-refractivity contribution in [3.8, 4) is 5.75 Å². The van der Waals surface area contributed by atoms with Crippen molar-refractivity contribution >= 4 is 5.97 Å². The van der Waals surface area contributed by atoms with Gasteiger partial charge in [0.1, 0.15) is 5.75 Å². The lowest BCUT2D eigenvalue weighted by Gasteiger charge is -2.16. The van der Waals surface area contributed by atoms with Crippen LogP contribution in [0.2, 0.25) is 0 Å². The van der Waals surface area contributed by atoms with Crippen molar-refractivity contribution in [2.45, 2.75) is 181 Å². The van der Waals surface area contributed by atoms with Crippen molar-refractivity contribution in [1.29, 1.82) is 0 Å². The third-order valence-corrected chi connectivity index (χ3v) is 8.11. The Hall–Kier alpha value is -1.31. The summed E-state index contributed by atoms with van der Waals surface area (Å²) in [5.41, 5.74) is 1.13. The zero-order valence-electron chi connectivity index (χ0n) is 25.9. The number of hydrogen-bond acceptors (Lipinski definition) is 2. The van der Waals surface area contributed by atoms with Gasteiger partial charge in [-0.3, -0.25) is 4.79 Å². The van der Waals surface area contributed by atoms with Crippen molar-refractivity contribution in [1.82, 2.24) is 0 Å². The van der Waals surface area contributed by atoms with Gasteiger partial charge in [-0.1, -0.05) is 167 Å². The van der Waals surface area contributed by atoms with Crippen molar-refractivity contribution in [3.05, 3.63) is 29.8 Å². The number of rotatable bonds is 27. The summed E-state index contributed by atoms with van der Waals surface area (Å²) < 4.78 is 5.70. The van der Waals surface area contributed by atoms with Crippen molar-refractivity contribution < 1.29 is 9.53 Å². The quantitative estimate of drug-likeness (QED) is 0.0644. The first-order chi connectivity index (χ1) is 18.7. The molecule has 38 heavy (non-hydrogen) atoms. The third kappa shape index (κ3) is 21.6. The van der Waals surface area contributed by atoms with Gasteiger partial charge in [-0.2, -0.15) is 0 Å². The molecule has 0 heterocycles. The number of carbonyl (C=O) groups is 1. The fourth-order valence-corrected chi connectivity index (χ4v) is 5.63. The number of hydrogen-bond donors (Lipinski definition) is 0. The van der Waals surface area contributed by atoms with Crippen LogP contribution < -0.4 is 4.74 Å². The lowest BCUT2D eigenvalue weighted by molar-refractivity contribution is -0.135. The number of esters is 1. The van der Waals surface area contributed by atoms with Crippen LogP contribution in [0, 0.1) is 12.8 Å². The van der Waals surface area contributed by atoms with Crippen molar-refractivity contribution in [3.63, 3.8) is 0 Å². The van der Waals surface area contributed by atoms with E-state index in [-0.39, 0.29) is 5.97 Å². The minimum atomic E-state index is -0.0494. The van der Waals surface area contributed by atoms with Gasteiger partial charge < -0.3 is 4.74 Å². The van der Waals surface area contributed by atoms with E-state index in [2.05, 4.69) is 13.8 Å². The topological polar surface area (TPSA) is 26.3 Å². The molecule has 0 aliphatic heterocycles. The molecule has 0 N–H and O–H groups in total. The number of aryl methyl sites for hydroxylation is 1. The Morgan fingerprint density at radius 1 is 0.605 bits per heavy atom. The number of unbranched alkanes of at least 4 members (excludes halogenated alkanes) is 20. The highest BCUT2D eigenvalue weighted by molar-refractivity contribution is 5.72. The first kappa shape index (κ1) is 34.7. The van der Waals surface area contributed by atoms with E-state index in [1.165, 1.54) is 154 Å². The lowest BCUT2D eigenvalue weighted by atomic mass is 9.91. The molecule has 0 aliphatic rings. The predicted octanol–water partition coefficient (Wildman–Crippen LogP) is 12.3. The zero-order chi connectivity index (χ0) is 27.5. The summed E-state index contributed by atoms with van der Waals surface area (Å²) in [5, 5.41) is 0. The Balaban J connectivity index is 2.23.